The smallest absolute Gasteiger partial charge is 0.324 e. The van der Waals surface area contributed by atoms with Crippen LogP contribution in [0.25, 0.3) is 0 Å². The molecule has 0 heterocycles. The molecule has 0 spiro atoms. The zero-order valence-corrected chi connectivity index (χ0v) is 8.65. The van der Waals surface area contributed by atoms with E-state index in [4.69, 9.17) is 14.7 Å². The van der Waals surface area contributed by atoms with Crippen molar-refractivity contribution in [1.29, 1.82) is 0 Å². The Morgan fingerprint density at radius 1 is 1.18 bits per heavy atom. The molecular formula is C4H16O5PV-. The summed E-state index contributed by atoms with van der Waals surface area (Å²) in [7, 11) is -2.62. The van der Waals surface area contributed by atoms with Gasteiger partial charge in [0.15, 0.2) is 0 Å². The van der Waals surface area contributed by atoms with Crippen molar-refractivity contribution in [2.24, 2.45) is 0 Å². The van der Waals surface area contributed by atoms with E-state index in [0.29, 0.717) is 0 Å². The minimum Gasteiger partial charge on any atom is -0.412 e. The van der Waals surface area contributed by atoms with E-state index in [9.17, 15) is 0 Å². The molecule has 11 heavy (non-hydrogen) atoms. The quantitative estimate of drug-likeness (QED) is 0.398. The van der Waals surface area contributed by atoms with Gasteiger partial charge in [-0.2, -0.15) is 6.42 Å². The van der Waals surface area contributed by atoms with Gasteiger partial charge in [-0.15, -0.1) is 0 Å². The summed E-state index contributed by atoms with van der Waals surface area (Å²) in [6.07, 6.45) is 2.28. The van der Waals surface area contributed by atoms with Crippen LogP contribution in [-0.2, 0) is 18.6 Å². The topological polar surface area (TPSA) is 124 Å². The van der Waals surface area contributed by atoms with Gasteiger partial charge in [0, 0.05) is 18.6 Å². The van der Waals surface area contributed by atoms with E-state index < -0.39 is 8.60 Å². The molecule has 0 bridgehead atoms. The van der Waals surface area contributed by atoms with Crippen LogP contribution in [0.5, 0.6) is 0 Å². The third-order valence-corrected chi connectivity index (χ3v) is 0.354. The van der Waals surface area contributed by atoms with Gasteiger partial charge in [0.2, 0.25) is 0 Å². The van der Waals surface area contributed by atoms with Crippen molar-refractivity contribution in [3.05, 3.63) is 6.92 Å². The number of unbranched alkanes of at least 4 members (excludes halogenated alkanes) is 1. The maximum absolute atomic E-state index is 7.23. The summed E-state index contributed by atoms with van der Waals surface area (Å²) in [5.74, 6) is 0. The van der Waals surface area contributed by atoms with Crippen LogP contribution in [0.2, 0.25) is 0 Å². The Hall–Kier alpha value is 0.814. The van der Waals surface area contributed by atoms with Crippen LogP contribution in [0.4, 0.5) is 0 Å². The summed E-state index contributed by atoms with van der Waals surface area (Å²) >= 11 is 0. The largest absolute Gasteiger partial charge is 0.412 e. The van der Waals surface area contributed by atoms with E-state index in [2.05, 4.69) is 13.8 Å². The summed E-state index contributed by atoms with van der Waals surface area (Å²) < 4.78 is 0. The van der Waals surface area contributed by atoms with Crippen LogP contribution in [0.1, 0.15) is 19.8 Å². The molecule has 0 aromatic carbocycles. The third kappa shape index (κ3) is 255. The average molecular weight is 226 g/mol. The van der Waals surface area contributed by atoms with E-state index in [1.54, 1.807) is 0 Å². The van der Waals surface area contributed by atoms with Gasteiger partial charge in [-0.1, -0.05) is 13.3 Å². The van der Waals surface area contributed by atoms with E-state index in [1.807, 2.05) is 0 Å². The summed E-state index contributed by atoms with van der Waals surface area (Å²) in [5, 5.41) is 0. The summed E-state index contributed by atoms with van der Waals surface area (Å²) in [4.78, 5) is 21.7. The SMILES string of the molecule is O.O.OP(O)O.[CH2-]CCC.[V]. The van der Waals surface area contributed by atoms with Crippen molar-refractivity contribution in [1.82, 2.24) is 0 Å². The summed E-state index contributed by atoms with van der Waals surface area (Å²) in [6.45, 7) is 5.72. The molecule has 0 aliphatic heterocycles. The van der Waals surface area contributed by atoms with Crippen molar-refractivity contribution in [2.45, 2.75) is 19.8 Å². The van der Waals surface area contributed by atoms with Crippen molar-refractivity contribution < 1.29 is 44.2 Å². The molecule has 0 unspecified atom stereocenters. The van der Waals surface area contributed by atoms with Gasteiger partial charge in [-0.25, -0.2) is 0 Å². The molecular weight excluding hydrogens is 210 g/mol. The van der Waals surface area contributed by atoms with Crippen LogP contribution in [0, 0.1) is 6.92 Å². The molecule has 0 aliphatic rings. The van der Waals surface area contributed by atoms with Gasteiger partial charge in [0.25, 0.3) is 0 Å². The Morgan fingerprint density at radius 2 is 1.27 bits per heavy atom. The second kappa shape index (κ2) is 30.8. The Kier molecular flexibility index (Phi) is 83.3. The molecule has 0 fully saturated rings. The molecule has 7 heteroatoms. The molecule has 0 aromatic heterocycles. The van der Waals surface area contributed by atoms with Crippen LogP contribution >= 0.6 is 8.60 Å². The maximum Gasteiger partial charge on any atom is 0.324 e. The fraction of sp³-hybridized carbons (Fsp3) is 0.750. The molecule has 0 aromatic rings. The number of rotatable bonds is 1. The Morgan fingerprint density at radius 3 is 1.27 bits per heavy atom. The van der Waals surface area contributed by atoms with Gasteiger partial charge >= 0.3 is 8.60 Å². The molecule has 0 aliphatic carbocycles. The summed E-state index contributed by atoms with van der Waals surface area (Å²) in [5.41, 5.74) is 0. The Labute approximate surface area is 80.0 Å². The third-order valence-electron chi connectivity index (χ3n) is 0.354. The zero-order chi connectivity index (χ0) is 6.99. The van der Waals surface area contributed by atoms with Crippen LogP contribution in [-0.4, -0.2) is 25.6 Å². The van der Waals surface area contributed by atoms with Gasteiger partial charge in [0.05, 0.1) is 0 Å². The molecule has 0 atom stereocenters. The Bertz CT molecular complexity index is 34.9. The fourth-order valence-electron chi connectivity index (χ4n) is 0. The summed E-state index contributed by atoms with van der Waals surface area (Å²) in [6, 6.07) is 0. The fourth-order valence-corrected chi connectivity index (χ4v) is 0. The molecule has 5 nitrogen and oxygen atoms in total. The Balaban J connectivity index is -0.0000000171. The first-order valence-corrected chi connectivity index (χ1v) is 3.51. The van der Waals surface area contributed by atoms with Crippen molar-refractivity contribution in [2.75, 3.05) is 0 Å². The van der Waals surface area contributed by atoms with Crippen LogP contribution in [0.15, 0.2) is 0 Å². The van der Waals surface area contributed by atoms with Gasteiger partial charge in [0.1, 0.15) is 0 Å². The zero-order valence-electron chi connectivity index (χ0n) is 6.36. The predicted octanol–water partition coefficient (Wildman–Crippen LogP) is -0.841. The van der Waals surface area contributed by atoms with E-state index in [1.165, 1.54) is 6.42 Å². The van der Waals surface area contributed by atoms with Gasteiger partial charge in [-0.05, 0) is 0 Å². The van der Waals surface area contributed by atoms with Crippen molar-refractivity contribution >= 4 is 8.60 Å². The second-order valence-electron chi connectivity index (χ2n) is 1.12. The molecule has 1 radical (unpaired) electrons. The van der Waals surface area contributed by atoms with Crippen LogP contribution in [0.3, 0.4) is 0 Å². The first-order chi connectivity index (χ1) is 3.65. The monoisotopic (exact) mass is 226 g/mol. The maximum atomic E-state index is 7.23. The van der Waals surface area contributed by atoms with Crippen molar-refractivity contribution in [3.8, 4) is 0 Å². The van der Waals surface area contributed by atoms with Gasteiger partial charge < -0.3 is 32.6 Å². The normalized spacial score (nSPS) is 6.00. The standard InChI is InChI=1S/C4H9.H3O3P.2H2O.V/c1-3-4-2;1-4(2)3;;;/h1,3-4H2,2H3;1-3H;2*1H2;/q-1;;;;. The molecule has 0 amide bonds. The number of hydrogen-bond acceptors (Lipinski definition) is 3. The van der Waals surface area contributed by atoms with Gasteiger partial charge in [-0.3, -0.25) is 0 Å². The van der Waals surface area contributed by atoms with E-state index in [0.717, 1.165) is 6.42 Å². The molecule has 0 saturated carbocycles. The molecule has 0 rings (SSSR count). The van der Waals surface area contributed by atoms with Crippen molar-refractivity contribution in [3.63, 3.8) is 0 Å². The average Bonchev–Trinajstić information content (AvgIpc) is 1.65. The van der Waals surface area contributed by atoms with Crippen LogP contribution < -0.4 is 0 Å². The van der Waals surface area contributed by atoms with E-state index in [-0.39, 0.29) is 29.5 Å². The number of hydrogen-bond donors (Lipinski definition) is 3. The minimum absolute atomic E-state index is 0. The molecule has 0 saturated heterocycles. The minimum atomic E-state index is -2.62. The first kappa shape index (κ1) is 29.8. The second-order valence-corrected chi connectivity index (χ2v) is 1.66. The predicted molar refractivity (Wildman–Crippen MR) is 41.1 cm³/mol. The first-order valence-electron chi connectivity index (χ1n) is 2.31. The van der Waals surface area contributed by atoms with E-state index >= 15 is 0 Å². The molecule has 7 N–H and O–H groups in total. The molecule has 73 valence electrons.